The molecule has 1 aromatic heterocycles. The lowest BCUT2D eigenvalue weighted by Gasteiger charge is -2.14. The average Bonchev–Trinajstić information content (AvgIpc) is 2.72. The van der Waals surface area contributed by atoms with Crippen LogP contribution in [-0.2, 0) is 16.6 Å². The van der Waals surface area contributed by atoms with Crippen LogP contribution in [0.4, 0.5) is 0 Å². The fourth-order valence-corrected chi connectivity index (χ4v) is 1.94. The van der Waals surface area contributed by atoms with E-state index >= 15 is 0 Å². The summed E-state index contributed by atoms with van der Waals surface area (Å²) in [6.07, 6.45) is 1.53. The summed E-state index contributed by atoms with van der Waals surface area (Å²) in [7, 11) is -3.77. The monoisotopic (exact) mass is 262 g/mol. The van der Waals surface area contributed by atoms with Crippen molar-refractivity contribution < 1.29 is 17.9 Å². The predicted molar refractivity (Wildman–Crippen MR) is 62.7 cm³/mol. The molecule has 4 N–H and O–H groups in total. The van der Waals surface area contributed by atoms with E-state index in [9.17, 15) is 8.42 Å². The van der Waals surface area contributed by atoms with E-state index in [4.69, 9.17) is 14.7 Å². The van der Waals surface area contributed by atoms with Crippen molar-refractivity contribution in [1.82, 2.24) is 5.32 Å². The Balaban J connectivity index is 2.55. The van der Waals surface area contributed by atoms with Gasteiger partial charge >= 0.3 is 0 Å². The largest absolute Gasteiger partial charge is 0.447 e. The van der Waals surface area contributed by atoms with Crippen LogP contribution in [0.5, 0.6) is 0 Å². The number of primary sulfonamides is 1. The summed E-state index contributed by atoms with van der Waals surface area (Å²) in [6, 6.07) is 3.08. The molecule has 1 unspecified atom stereocenters. The maximum Gasteiger partial charge on any atom is 0.271 e. The van der Waals surface area contributed by atoms with Crippen LogP contribution in [0.25, 0.3) is 0 Å². The molecule has 6 nitrogen and oxygen atoms in total. The summed E-state index contributed by atoms with van der Waals surface area (Å²) in [5.74, 6) is 0.505. The molecular weight excluding hydrogens is 244 g/mol. The number of hydrogen-bond acceptors (Lipinski definition) is 5. The highest BCUT2D eigenvalue weighted by molar-refractivity contribution is 7.89. The molecule has 0 aliphatic carbocycles. The number of aliphatic hydroxyl groups is 1. The van der Waals surface area contributed by atoms with Crippen LogP contribution in [0.3, 0.4) is 0 Å². The van der Waals surface area contributed by atoms with E-state index in [2.05, 4.69) is 5.32 Å². The van der Waals surface area contributed by atoms with Gasteiger partial charge in [0.25, 0.3) is 10.0 Å². The Morgan fingerprint density at radius 2 is 2.24 bits per heavy atom. The second kappa shape index (κ2) is 6.15. The Labute approximate surface area is 101 Å². The maximum absolute atomic E-state index is 11.0. The molecule has 7 heteroatoms. The molecule has 0 saturated heterocycles. The van der Waals surface area contributed by atoms with E-state index in [0.717, 1.165) is 6.42 Å². The van der Waals surface area contributed by atoms with Gasteiger partial charge in [-0.3, -0.25) is 0 Å². The average molecular weight is 262 g/mol. The van der Waals surface area contributed by atoms with E-state index in [1.54, 1.807) is 6.07 Å². The molecule has 0 amide bonds. The number of nitrogens with two attached hydrogens (primary N) is 1. The molecule has 1 heterocycles. The van der Waals surface area contributed by atoms with E-state index in [1.165, 1.54) is 6.07 Å². The van der Waals surface area contributed by atoms with Gasteiger partial charge in [-0.25, -0.2) is 13.6 Å². The van der Waals surface area contributed by atoms with Gasteiger partial charge in [0.05, 0.1) is 6.54 Å². The number of nitrogens with one attached hydrogen (secondary N) is 1. The lowest BCUT2D eigenvalue weighted by atomic mass is 10.1. The first-order valence-corrected chi connectivity index (χ1v) is 6.97. The summed E-state index contributed by atoms with van der Waals surface area (Å²) >= 11 is 0. The fourth-order valence-electron chi connectivity index (χ4n) is 1.46. The molecule has 0 aliphatic heterocycles. The van der Waals surface area contributed by atoms with Crippen LogP contribution in [0.15, 0.2) is 21.6 Å². The van der Waals surface area contributed by atoms with Crippen molar-refractivity contribution in [3.63, 3.8) is 0 Å². The Morgan fingerprint density at radius 1 is 1.53 bits per heavy atom. The molecule has 98 valence electrons. The number of aliphatic hydroxyl groups excluding tert-OH is 1. The van der Waals surface area contributed by atoms with Crippen molar-refractivity contribution in [2.75, 3.05) is 6.61 Å². The molecule has 0 spiro atoms. The Hall–Kier alpha value is -0.890. The molecule has 0 saturated carbocycles. The number of sulfonamides is 1. The SMILES string of the molecule is CCC(CCO)NCc1ccc(S(N)(=O)=O)o1. The third-order valence-electron chi connectivity index (χ3n) is 2.45. The van der Waals surface area contributed by atoms with Gasteiger partial charge < -0.3 is 14.8 Å². The van der Waals surface area contributed by atoms with Gasteiger partial charge in [0.2, 0.25) is 5.09 Å². The van der Waals surface area contributed by atoms with Gasteiger partial charge in [0.15, 0.2) is 0 Å². The molecule has 0 fully saturated rings. The lowest BCUT2D eigenvalue weighted by Crippen LogP contribution is -2.28. The molecule has 0 aliphatic rings. The van der Waals surface area contributed by atoms with Crippen molar-refractivity contribution >= 4 is 10.0 Å². The summed E-state index contributed by atoms with van der Waals surface area (Å²) in [5, 5.41) is 16.7. The normalized spacial score (nSPS) is 13.8. The van der Waals surface area contributed by atoms with Gasteiger partial charge in [-0.2, -0.15) is 0 Å². The van der Waals surface area contributed by atoms with E-state index in [-0.39, 0.29) is 17.7 Å². The molecule has 1 atom stereocenters. The Bertz CT molecular complexity index is 441. The zero-order valence-electron chi connectivity index (χ0n) is 9.72. The highest BCUT2D eigenvalue weighted by Gasteiger charge is 2.13. The lowest BCUT2D eigenvalue weighted by molar-refractivity contribution is 0.259. The fraction of sp³-hybridized carbons (Fsp3) is 0.600. The minimum absolute atomic E-state index is 0.117. The van der Waals surface area contributed by atoms with Crippen molar-refractivity contribution in [3.8, 4) is 0 Å². The molecule has 0 radical (unpaired) electrons. The van der Waals surface area contributed by atoms with Crippen LogP contribution in [0.2, 0.25) is 0 Å². The quantitative estimate of drug-likeness (QED) is 0.650. The third kappa shape index (κ3) is 4.47. The summed E-state index contributed by atoms with van der Waals surface area (Å²) in [5.41, 5.74) is 0. The molecular formula is C10H18N2O4S. The van der Waals surface area contributed by atoms with Crippen LogP contribution in [0.1, 0.15) is 25.5 Å². The van der Waals surface area contributed by atoms with Gasteiger partial charge in [0.1, 0.15) is 5.76 Å². The summed E-state index contributed by atoms with van der Waals surface area (Å²) in [6.45, 7) is 2.53. The smallest absolute Gasteiger partial charge is 0.271 e. The molecule has 17 heavy (non-hydrogen) atoms. The van der Waals surface area contributed by atoms with Crippen molar-refractivity contribution in [2.24, 2.45) is 5.14 Å². The summed E-state index contributed by atoms with van der Waals surface area (Å²) < 4.78 is 27.0. The van der Waals surface area contributed by atoms with E-state index in [0.29, 0.717) is 18.7 Å². The third-order valence-corrected chi connectivity index (χ3v) is 3.23. The summed E-state index contributed by atoms with van der Waals surface area (Å²) in [4.78, 5) is 0. The van der Waals surface area contributed by atoms with Crippen LogP contribution >= 0.6 is 0 Å². The first-order valence-electron chi connectivity index (χ1n) is 5.43. The number of rotatable bonds is 7. The van der Waals surface area contributed by atoms with Crippen molar-refractivity contribution in [1.29, 1.82) is 0 Å². The Kier molecular flexibility index (Phi) is 5.13. The standard InChI is InChI=1S/C10H18N2O4S/c1-2-8(5-6-13)12-7-9-3-4-10(16-9)17(11,14)15/h3-4,8,12-13H,2,5-7H2,1H3,(H2,11,14,15). The van der Waals surface area contributed by atoms with Crippen LogP contribution < -0.4 is 10.5 Å². The van der Waals surface area contributed by atoms with Gasteiger partial charge in [0, 0.05) is 12.6 Å². The van der Waals surface area contributed by atoms with Gasteiger partial charge in [-0.05, 0) is 25.0 Å². The van der Waals surface area contributed by atoms with Crippen LogP contribution in [-0.4, -0.2) is 26.2 Å². The topological polar surface area (TPSA) is 106 Å². The second-order valence-electron chi connectivity index (χ2n) is 3.76. The minimum Gasteiger partial charge on any atom is -0.447 e. The van der Waals surface area contributed by atoms with Gasteiger partial charge in [-0.1, -0.05) is 6.92 Å². The molecule has 1 aromatic rings. The predicted octanol–water partition coefficient (Wildman–Crippen LogP) is 0.178. The van der Waals surface area contributed by atoms with Gasteiger partial charge in [-0.15, -0.1) is 0 Å². The van der Waals surface area contributed by atoms with Crippen molar-refractivity contribution in [2.45, 2.75) is 37.4 Å². The highest BCUT2D eigenvalue weighted by Crippen LogP contribution is 2.12. The zero-order valence-corrected chi connectivity index (χ0v) is 10.5. The first-order chi connectivity index (χ1) is 7.97. The minimum atomic E-state index is -3.77. The maximum atomic E-state index is 11.0. The van der Waals surface area contributed by atoms with E-state index < -0.39 is 10.0 Å². The highest BCUT2D eigenvalue weighted by atomic mass is 32.2. The number of furan rings is 1. The molecule has 1 rings (SSSR count). The zero-order chi connectivity index (χ0) is 12.9. The Morgan fingerprint density at radius 3 is 2.71 bits per heavy atom. The second-order valence-corrected chi connectivity index (χ2v) is 5.26. The van der Waals surface area contributed by atoms with E-state index in [1.807, 2.05) is 6.92 Å². The molecule has 0 bridgehead atoms. The molecule has 0 aromatic carbocycles. The van der Waals surface area contributed by atoms with Crippen molar-refractivity contribution in [3.05, 3.63) is 17.9 Å². The first kappa shape index (κ1) is 14.2. The van der Waals surface area contributed by atoms with Crippen LogP contribution in [0, 0.1) is 0 Å². The number of hydrogen-bond donors (Lipinski definition) is 3.